The maximum atomic E-state index is 13.5. The van der Waals surface area contributed by atoms with Crippen molar-refractivity contribution in [1.82, 2.24) is 51.0 Å². The molecule has 380 valence electrons. The van der Waals surface area contributed by atoms with Crippen LogP contribution in [0, 0.1) is 0 Å². The number of aliphatic carboxylic acids is 1. The van der Waals surface area contributed by atoms with Gasteiger partial charge in [0, 0.05) is 71.1 Å². The molecule has 2 aliphatic rings. The standard InChI is InChI=1S/C29H37N5O4.C25H29N5O4/c1-19(27(36)31-17-23-14-22-16-30-12-10-24(22)33-23)32-28(37)25-15-21(20-8-6-5-7-9-20)11-13-34(25)18-26(35)38-29(2,3)4;1-16(24(33)27-14-20-11-19-13-26-9-7-21(19)29-20)28-25(34)22-12-18(17-5-3-2-4-6-17)8-10-30(22)15-23(31)32/h5-10,12,14,16,19,21,25,33H,11,13,15,17-18H2,1-4H3,(H,31,36)(H,32,37);2-7,9,11,13,16,18,22,29H,8,10,12,14-15H2,1H3,(H,27,33)(H,28,34)(H,31,32)/t19-,21-,25+;16-,18-,22+/m00/s1. The van der Waals surface area contributed by atoms with E-state index in [9.17, 15) is 33.9 Å². The smallest absolute Gasteiger partial charge is 0.320 e. The Morgan fingerprint density at radius 2 is 1.10 bits per heavy atom. The summed E-state index contributed by atoms with van der Waals surface area (Å²) in [5.74, 6) is -2.21. The number of pyridine rings is 2. The van der Waals surface area contributed by atoms with E-state index in [0.717, 1.165) is 51.6 Å². The largest absolute Gasteiger partial charge is 0.480 e. The Kier molecular flexibility index (Phi) is 17.5. The molecule has 0 aliphatic carbocycles. The Balaban J connectivity index is 0.000000213. The van der Waals surface area contributed by atoms with Crippen LogP contribution in [-0.4, -0.2) is 126 Å². The van der Waals surface area contributed by atoms with Gasteiger partial charge in [-0.1, -0.05) is 60.7 Å². The molecule has 2 aromatic carbocycles. The molecule has 6 aromatic rings. The Morgan fingerprint density at radius 1 is 0.667 bits per heavy atom. The summed E-state index contributed by atoms with van der Waals surface area (Å²) in [6.07, 6.45) is 9.56. The first-order valence-electron chi connectivity index (χ1n) is 24.5. The topological polar surface area (TPSA) is 244 Å². The summed E-state index contributed by atoms with van der Waals surface area (Å²) in [4.78, 5) is 94.2. The third-order valence-corrected chi connectivity index (χ3v) is 13.0. The van der Waals surface area contributed by atoms with Crippen LogP contribution in [0.15, 0.2) is 110 Å². The van der Waals surface area contributed by atoms with Crippen LogP contribution >= 0.6 is 0 Å². The molecule has 0 spiro atoms. The second-order valence-electron chi connectivity index (χ2n) is 19.6. The molecule has 0 saturated carbocycles. The number of aromatic amines is 2. The van der Waals surface area contributed by atoms with E-state index in [-0.39, 0.29) is 54.5 Å². The molecule has 8 rings (SSSR count). The van der Waals surface area contributed by atoms with Crippen molar-refractivity contribution in [3.63, 3.8) is 0 Å². The Hall–Kier alpha value is -7.44. The predicted molar refractivity (Wildman–Crippen MR) is 272 cm³/mol. The third kappa shape index (κ3) is 14.6. The minimum atomic E-state index is -0.977. The number of H-pyrrole nitrogens is 2. The van der Waals surface area contributed by atoms with Gasteiger partial charge in [0.1, 0.15) is 17.7 Å². The van der Waals surface area contributed by atoms with E-state index in [4.69, 9.17) is 4.74 Å². The van der Waals surface area contributed by atoms with Crippen molar-refractivity contribution in [2.24, 2.45) is 0 Å². The summed E-state index contributed by atoms with van der Waals surface area (Å²) < 4.78 is 5.51. The van der Waals surface area contributed by atoms with Gasteiger partial charge in [-0.15, -0.1) is 0 Å². The van der Waals surface area contributed by atoms with Crippen molar-refractivity contribution in [2.75, 3.05) is 26.2 Å². The number of nitrogens with zero attached hydrogens (tertiary/aromatic N) is 4. The summed E-state index contributed by atoms with van der Waals surface area (Å²) in [5.41, 5.74) is 5.26. The highest BCUT2D eigenvalue weighted by Gasteiger charge is 2.38. The summed E-state index contributed by atoms with van der Waals surface area (Å²) >= 11 is 0. The number of amides is 4. The number of likely N-dealkylation sites (tertiary alicyclic amines) is 2. The lowest BCUT2D eigenvalue weighted by molar-refractivity contribution is -0.158. The zero-order valence-electron chi connectivity index (χ0n) is 41.5. The number of fused-ring (bicyclic) bond motifs is 2. The molecule has 4 aromatic heterocycles. The molecule has 2 fully saturated rings. The summed E-state index contributed by atoms with van der Waals surface area (Å²) in [6, 6.07) is 24.9. The zero-order chi connectivity index (χ0) is 51.4. The van der Waals surface area contributed by atoms with E-state index in [2.05, 4.69) is 53.3 Å². The minimum Gasteiger partial charge on any atom is -0.480 e. The van der Waals surface area contributed by atoms with Gasteiger partial charge in [0.2, 0.25) is 23.6 Å². The maximum absolute atomic E-state index is 13.5. The molecule has 72 heavy (non-hydrogen) atoms. The fourth-order valence-electron chi connectivity index (χ4n) is 9.40. The van der Waals surface area contributed by atoms with Crippen LogP contribution in [-0.2, 0) is 46.6 Å². The molecule has 0 unspecified atom stereocenters. The number of hydrogen-bond donors (Lipinski definition) is 7. The summed E-state index contributed by atoms with van der Waals surface area (Å²) in [6.45, 7) is 10.2. The maximum Gasteiger partial charge on any atom is 0.320 e. The number of nitrogens with one attached hydrogen (secondary N) is 6. The van der Waals surface area contributed by atoms with Crippen LogP contribution in [0.3, 0.4) is 0 Å². The number of carboxylic acids is 1. The first-order chi connectivity index (χ1) is 34.5. The van der Waals surface area contributed by atoms with Crippen LogP contribution in [0.25, 0.3) is 21.8 Å². The SMILES string of the molecule is C[C@H](NC(=O)[C@H]1C[C@@H](c2ccccc2)CCN1CC(=O)O)C(=O)NCc1cc2cnccc2[nH]1.C[C@H](NC(=O)[C@H]1C[C@@H](c2ccccc2)CCN1CC(=O)OC(C)(C)C)C(=O)NCc1cc2cnccc2[nH]1. The Labute approximate surface area is 419 Å². The number of rotatable bonds is 16. The quantitative estimate of drug-likeness (QED) is 0.0612. The van der Waals surface area contributed by atoms with Gasteiger partial charge in [0.05, 0.1) is 38.3 Å². The number of benzene rings is 2. The number of aromatic nitrogens is 4. The molecule has 18 nitrogen and oxygen atoms in total. The molecule has 2 aliphatic heterocycles. The second kappa shape index (κ2) is 24.1. The van der Waals surface area contributed by atoms with Gasteiger partial charge in [-0.2, -0.15) is 0 Å². The number of piperidine rings is 2. The van der Waals surface area contributed by atoms with Crippen LogP contribution in [0.5, 0.6) is 0 Å². The molecule has 7 N–H and O–H groups in total. The average Bonchev–Trinajstić information content (AvgIpc) is 3.99. The first-order valence-corrected chi connectivity index (χ1v) is 24.5. The van der Waals surface area contributed by atoms with Crippen molar-refractivity contribution in [3.8, 4) is 0 Å². The summed E-state index contributed by atoms with van der Waals surface area (Å²) in [7, 11) is 0. The molecular formula is C54H66N10O8. The first kappa shape index (κ1) is 52.4. The normalized spacial score (nSPS) is 19.2. The molecule has 0 radical (unpaired) electrons. The van der Waals surface area contributed by atoms with Gasteiger partial charge in [0.25, 0.3) is 0 Å². The molecule has 6 heterocycles. The van der Waals surface area contributed by atoms with Crippen LogP contribution in [0.1, 0.15) is 94.7 Å². The average molecular weight is 983 g/mol. The predicted octanol–water partition coefficient (Wildman–Crippen LogP) is 5.29. The van der Waals surface area contributed by atoms with Crippen molar-refractivity contribution < 1.29 is 38.6 Å². The monoisotopic (exact) mass is 983 g/mol. The number of carbonyl (C=O) groups is 6. The van der Waals surface area contributed by atoms with Crippen LogP contribution in [0.2, 0.25) is 0 Å². The molecule has 2 saturated heterocycles. The van der Waals surface area contributed by atoms with E-state index in [1.165, 1.54) is 5.56 Å². The van der Waals surface area contributed by atoms with Crippen molar-refractivity contribution in [3.05, 3.63) is 132 Å². The number of carbonyl (C=O) groups excluding carboxylic acids is 5. The lowest BCUT2D eigenvalue weighted by Crippen LogP contribution is -2.56. The molecule has 4 amide bonds. The number of ether oxygens (including phenoxy) is 1. The minimum absolute atomic E-state index is 0.0205. The highest BCUT2D eigenvalue weighted by Crippen LogP contribution is 2.33. The fourth-order valence-corrected chi connectivity index (χ4v) is 9.40. The van der Waals surface area contributed by atoms with E-state index >= 15 is 0 Å². The number of esters is 1. The zero-order valence-corrected chi connectivity index (χ0v) is 41.5. The van der Waals surface area contributed by atoms with Gasteiger partial charge in [-0.3, -0.25) is 48.5 Å². The van der Waals surface area contributed by atoms with Crippen LogP contribution < -0.4 is 21.3 Å². The van der Waals surface area contributed by atoms with Gasteiger partial charge >= 0.3 is 11.9 Å². The molecule has 6 atom stereocenters. The van der Waals surface area contributed by atoms with Gasteiger partial charge in [0.15, 0.2) is 0 Å². The van der Waals surface area contributed by atoms with Crippen molar-refractivity contribution >= 4 is 57.4 Å². The highest BCUT2D eigenvalue weighted by atomic mass is 16.6. The van der Waals surface area contributed by atoms with E-state index in [1.807, 2.05) is 98.5 Å². The lowest BCUT2D eigenvalue weighted by Gasteiger charge is -2.39. The van der Waals surface area contributed by atoms with Gasteiger partial charge in [-0.05, 0) is 108 Å². The lowest BCUT2D eigenvalue weighted by atomic mass is 9.85. The highest BCUT2D eigenvalue weighted by molar-refractivity contribution is 5.91. The molecule has 18 heteroatoms. The Morgan fingerprint density at radius 3 is 1.50 bits per heavy atom. The van der Waals surface area contributed by atoms with Gasteiger partial charge < -0.3 is 41.1 Å². The molecule has 0 bridgehead atoms. The van der Waals surface area contributed by atoms with E-state index in [1.54, 1.807) is 43.5 Å². The number of hydrogen-bond acceptors (Lipinski definition) is 11. The summed E-state index contributed by atoms with van der Waals surface area (Å²) in [5, 5.41) is 22.6. The number of carboxylic acid groups (broad SMARTS) is 1. The third-order valence-electron chi connectivity index (χ3n) is 13.0. The Bertz CT molecular complexity index is 2740. The van der Waals surface area contributed by atoms with Gasteiger partial charge in [-0.25, -0.2) is 0 Å². The van der Waals surface area contributed by atoms with Crippen molar-refractivity contribution in [1.29, 1.82) is 0 Å². The van der Waals surface area contributed by atoms with Crippen molar-refractivity contribution in [2.45, 2.75) is 115 Å². The fraction of sp³-hybridized carbons (Fsp3) is 0.407. The van der Waals surface area contributed by atoms with Crippen LogP contribution in [0.4, 0.5) is 0 Å². The molecular weight excluding hydrogens is 917 g/mol. The van der Waals surface area contributed by atoms with E-state index in [0.29, 0.717) is 39.0 Å². The second-order valence-corrected chi connectivity index (χ2v) is 19.6. The van der Waals surface area contributed by atoms with E-state index < -0.39 is 35.7 Å².